The molecule has 0 bridgehead atoms. The van der Waals surface area contributed by atoms with Gasteiger partial charge in [-0.25, -0.2) is 0 Å². The first kappa shape index (κ1) is 17.0. The fourth-order valence-corrected chi connectivity index (χ4v) is 2.72. The smallest absolute Gasteiger partial charge is 0.375 e. The van der Waals surface area contributed by atoms with Crippen LogP contribution in [-0.4, -0.2) is 49.0 Å². The molecular formula is C17H20N2O6+2. The van der Waals surface area contributed by atoms with Crippen LogP contribution in [0.1, 0.15) is 0 Å². The van der Waals surface area contributed by atoms with Gasteiger partial charge in [-0.3, -0.25) is 10.0 Å². The number of benzene rings is 2. The van der Waals surface area contributed by atoms with Crippen molar-refractivity contribution in [2.75, 3.05) is 27.4 Å². The summed E-state index contributed by atoms with van der Waals surface area (Å²) in [5.41, 5.74) is 1.90. The van der Waals surface area contributed by atoms with Gasteiger partial charge in [0.2, 0.25) is 11.5 Å². The van der Waals surface area contributed by atoms with Crippen molar-refractivity contribution in [2.24, 2.45) is 0 Å². The molecule has 0 aliphatic carbocycles. The molecule has 0 radical (unpaired) electrons. The maximum atomic E-state index is 10.8. The molecule has 0 aliphatic rings. The first-order valence-electron chi connectivity index (χ1n) is 7.67. The van der Waals surface area contributed by atoms with E-state index in [1.807, 2.05) is 0 Å². The molecule has 25 heavy (non-hydrogen) atoms. The van der Waals surface area contributed by atoms with Crippen molar-refractivity contribution in [2.45, 2.75) is 6.10 Å². The Morgan fingerprint density at radius 3 is 2.32 bits per heavy atom. The van der Waals surface area contributed by atoms with Crippen LogP contribution in [0.5, 0.6) is 11.5 Å². The molecule has 3 rings (SSSR count). The first-order chi connectivity index (χ1) is 12.1. The largest absolute Gasteiger partial charge is 0.490 e. The van der Waals surface area contributed by atoms with Gasteiger partial charge in [0.05, 0.1) is 13.7 Å². The number of aliphatic hydroxyl groups is 2. The predicted molar refractivity (Wildman–Crippen MR) is 86.7 cm³/mol. The Kier molecular flexibility index (Phi) is 4.73. The molecule has 8 heteroatoms. The molecule has 1 unspecified atom stereocenters. The van der Waals surface area contributed by atoms with Crippen LogP contribution in [0.15, 0.2) is 36.4 Å². The zero-order chi connectivity index (χ0) is 18.0. The molecule has 0 spiro atoms. The zero-order valence-corrected chi connectivity index (χ0v) is 13.9. The highest BCUT2D eigenvalue weighted by atomic mass is 16.6. The van der Waals surface area contributed by atoms with Crippen molar-refractivity contribution in [3.63, 3.8) is 0 Å². The Balaban J connectivity index is 2.31. The van der Waals surface area contributed by atoms with Crippen LogP contribution in [-0.2, 0) is 0 Å². The third kappa shape index (κ3) is 2.86. The summed E-state index contributed by atoms with van der Waals surface area (Å²) in [6.07, 6.45) is -1.02. The molecule has 132 valence electrons. The summed E-state index contributed by atoms with van der Waals surface area (Å²) in [5.74, 6) is 0.870. The molecule has 1 aromatic heterocycles. The van der Waals surface area contributed by atoms with Crippen LogP contribution in [0.3, 0.4) is 0 Å². The summed E-state index contributed by atoms with van der Waals surface area (Å²) in [4.78, 5) is 5.51. The fraction of sp³-hybridized carbons (Fsp3) is 0.294. The van der Waals surface area contributed by atoms with Gasteiger partial charge >= 0.3 is 22.1 Å². The second-order valence-corrected chi connectivity index (χ2v) is 5.39. The lowest BCUT2D eigenvalue weighted by Gasteiger charge is -2.09. The highest BCUT2D eigenvalue weighted by Crippen LogP contribution is 2.26. The lowest BCUT2D eigenvalue weighted by atomic mass is 10.2. The molecule has 1 atom stereocenters. The van der Waals surface area contributed by atoms with Gasteiger partial charge in [-0.2, -0.15) is 0 Å². The van der Waals surface area contributed by atoms with E-state index >= 15 is 0 Å². The van der Waals surface area contributed by atoms with Crippen molar-refractivity contribution >= 4 is 22.1 Å². The molecule has 3 N–H and O–H groups in total. The van der Waals surface area contributed by atoms with E-state index in [-0.39, 0.29) is 6.61 Å². The predicted octanol–water partition coefficient (Wildman–Crippen LogP) is -0.396. The molecule has 0 saturated heterocycles. The zero-order valence-electron chi connectivity index (χ0n) is 13.9. The van der Waals surface area contributed by atoms with Crippen LogP contribution in [0, 0.1) is 0 Å². The Labute approximate surface area is 143 Å². The number of aliphatic hydroxyl groups excluding tert-OH is 2. The summed E-state index contributed by atoms with van der Waals surface area (Å²) in [7, 11) is 3.05. The average Bonchev–Trinajstić information content (AvgIpc) is 2.65. The quantitative estimate of drug-likeness (QED) is 0.319. The van der Waals surface area contributed by atoms with Gasteiger partial charge in [-0.05, 0) is 12.1 Å². The van der Waals surface area contributed by atoms with Crippen molar-refractivity contribution in [1.82, 2.24) is 0 Å². The van der Waals surface area contributed by atoms with Gasteiger partial charge < -0.3 is 19.7 Å². The highest BCUT2D eigenvalue weighted by Gasteiger charge is 2.34. The van der Waals surface area contributed by atoms with E-state index in [1.165, 1.54) is 19.0 Å². The minimum Gasteiger partial charge on any atom is -0.490 e. The van der Waals surface area contributed by atoms with Gasteiger partial charge in [0, 0.05) is 21.6 Å². The molecule has 0 amide bonds. The summed E-state index contributed by atoms with van der Waals surface area (Å²) in [6, 6.07) is 10.4. The number of aromatic nitrogens is 2. The third-order valence-corrected chi connectivity index (χ3v) is 3.86. The molecule has 8 nitrogen and oxygen atoms in total. The number of nitrogens with zero attached hydrogens (tertiary/aromatic N) is 2. The van der Waals surface area contributed by atoms with Gasteiger partial charge in [-0.1, -0.05) is 12.1 Å². The normalized spacial score (nSPS) is 12.3. The number of methoxy groups -OCH3 is 1. The lowest BCUT2D eigenvalue weighted by molar-refractivity contribution is -0.886. The maximum absolute atomic E-state index is 10.8. The van der Waals surface area contributed by atoms with Crippen molar-refractivity contribution in [3.05, 3.63) is 36.4 Å². The topological polar surface area (TPSA) is 96.1 Å². The number of ether oxygens (including phenoxy) is 2. The summed E-state index contributed by atoms with van der Waals surface area (Å²) in [6.45, 7) is -0.527. The van der Waals surface area contributed by atoms with Crippen molar-refractivity contribution < 1.29 is 39.2 Å². The Bertz CT molecular complexity index is 915. The van der Waals surface area contributed by atoms with E-state index in [9.17, 15) is 10.3 Å². The summed E-state index contributed by atoms with van der Waals surface area (Å²) >= 11 is 0. The van der Waals surface area contributed by atoms with E-state index in [0.717, 1.165) is 4.73 Å². The molecule has 2 aromatic carbocycles. The number of para-hydroxylation sites is 2. The Morgan fingerprint density at radius 2 is 1.68 bits per heavy atom. The molecule has 3 aromatic rings. The Hall–Kier alpha value is -2.84. The van der Waals surface area contributed by atoms with Gasteiger partial charge in [0.1, 0.15) is 19.8 Å². The SMILES string of the molecule is COc1cccc2c1[n+](OC)c1cccc(OCC(O)CO)c1[n+]2O. The van der Waals surface area contributed by atoms with Gasteiger partial charge in [0.25, 0.3) is 0 Å². The van der Waals surface area contributed by atoms with Crippen LogP contribution >= 0.6 is 0 Å². The molecule has 0 fully saturated rings. The van der Waals surface area contributed by atoms with E-state index < -0.39 is 12.7 Å². The van der Waals surface area contributed by atoms with E-state index in [4.69, 9.17) is 19.4 Å². The van der Waals surface area contributed by atoms with E-state index in [1.54, 1.807) is 36.4 Å². The molecule has 1 heterocycles. The standard InChI is InChI=1S/C17H20N2O6/c1-23-14-7-3-5-12-17(14)19(24-2)13-6-4-8-15(16(13)18(12)22)25-10-11(21)9-20/h3-8,11,20-22H,9-10H2,1-2H3/q+2. The van der Waals surface area contributed by atoms with Crippen LogP contribution in [0.25, 0.3) is 22.1 Å². The van der Waals surface area contributed by atoms with Crippen LogP contribution in [0.4, 0.5) is 0 Å². The van der Waals surface area contributed by atoms with Crippen molar-refractivity contribution in [3.8, 4) is 11.5 Å². The fourth-order valence-electron chi connectivity index (χ4n) is 2.72. The number of fused-ring (bicyclic) bond motifs is 2. The minimum atomic E-state index is -1.02. The number of rotatable bonds is 6. The second-order valence-electron chi connectivity index (χ2n) is 5.39. The van der Waals surface area contributed by atoms with Crippen LogP contribution in [0.2, 0.25) is 0 Å². The monoisotopic (exact) mass is 348 g/mol. The Morgan fingerprint density at radius 1 is 1.00 bits per heavy atom. The second kappa shape index (κ2) is 6.96. The average molecular weight is 348 g/mol. The molecule has 0 saturated carbocycles. The van der Waals surface area contributed by atoms with Crippen molar-refractivity contribution in [1.29, 1.82) is 0 Å². The highest BCUT2D eigenvalue weighted by molar-refractivity contribution is 5.82. The van der Waals surface area contributed by atoms with Crippen LogP contribution < -0.4 is 23.8 Å². The first-order valence-corrected chi connectivity index (χ1v) is 7.67. The van der Waals surface area contributed by atoms with E-state index in [2.05, 4.69) is 0 Å². The van der Waals surface area contributed by atoms with E-state index in [0.29, 0.717) is 33.6 Å². The van der Waals surface area contributed by atoms with Gasteiger partial charge in [-0.15, -0.1) is 0 Å². The third-order valence-electron chi connectivity index (χ3n) is 3.86. The minimum absolute atomic E-state index is 0.112. The van der Waals surface area contributed by atoms with Gasteiger partial charge in [0.15, 0.2) is 0 Å². The number of hydrogen-bond donors (Lipinski definition) is 3. The summed E-state index contributed by atoms with van der Waals surface area (Å²) in [5, 5.41) is 29.2. The number of hydrogen-bond acceptors (Lipinski definition) is 6. The molecular weight excluding hydrogens is 328 g/mol. The maximum Gasteiger partial charge on any atom is 0.375 e. The molecule has 0 aliphatic heterocycles. The summed E-state index contributed by atoms with van der Waals surface area (Å²) < 4.78 is 13.5. The lowest BCUT2D eigenvalue weighted by Crippen LogP contribution is -2.48.